The second-order valence-electron chi connectivity index (χ2n) is 9.16. The summed E-state index contributed by atoms with van der Waals surface area (Å²) in [5, 5.41) is 4.84. The number of allylic oxidation sites excluding steroid dienone is 1. The first-order chi connectivity index (χ1) is 16.9. The third-order valence-corrected chi connectivity index (χ3v) is 6.70. The van der Waals surface area contributed by atoms with Crippen LogP contribution in [0.5, 0.6) is 0 Å². The molecule has 5 heteroatoms. The van der Waals surface area contributed by atoms with E-state index in [1.807, 2.05) is 43.5 Å². The first-order valence-corrected chi connectivity index (χ1v) is 12.9. The number of fused-ring (bicyclic) bond motifs is 1. The molecule has 0 bridgehead atoms. The van der Waals surface area contributed by atoms with Gasteiger partial charge in [-0.05, 0) is 56.3 Å². The summed E-state index contributed by atoms with van der Waals surface area (Å²) in [6.07, 6.45) is 5.55. The Bertz CT molecular complexity index is 1130. The number of halogens is 1. The molecular weight excluding hydrogens is 452 g/mol. The van der Waals surface area contributed by atoms with Crippen molar-refractivity contribution in [1.82, 2.24) is 20.1 Å². The molecule has 186 valence electrons. The van der Waals surface area contributed by atoms with Crippen LogP contribution in [0.1, 0.15) is 37.3 Å². The molecule has 0 amide bonds. The minimum Gasteiger partial charge on any atom is -0.373 e. The van der Waals surface area contributed by atoms with Crippen LogP contribution >= 0.6 is 11.6 Å². The fourth-order valence-corrected chi connectivity index (χ4v) is 4.45. The zero-order valence-electron chi connectivity index (χ0n) is 21.5. The Morgan fingerprint density at radius 2 is 1.89 bits per heavy atom. The molecule has 0 aliphatic carbocycles. The minimum atomic E-state index is 0.717. The van der Waals surface area contributed by atoms with Gasteiger partial charge >= 0.3 is 0 Å². The molecule has 1 fully saturated rings. The van der Waals surface area contributed by atoms with Gasteiger partial charge < -0.3 is 15.1 Å². The van der Waals surface area contributed by atoms with Gasteiger partial charge in [0.05, 0.1) is 16.2 Å². The summed E-state index contributed by atoms with van der Waals surface area (Å²) in [6.45, 7) is 15.7. The van der Waals surface area contributed by atoms with Crippen molar-refractivity contribution < 1.29 is 0 Å². The van der Waals surface area contributed by atoms with Crippen LogP contribution in [0.2, 0.25) is 5.02 Å². The molecule has 4 rings (SSSR count). The zero-order valence-corrected chi connectivity index (χ0v) is 22.2. The number of hydrogen-bond donors (Lipinski definition) is 1. The Morgan fingerprint density at radius 3 is 2.57 bits per heavy atom. The Balaban J connectivity index is 0.000000225. The molecule has 2 aromatic carbocycles. The molecule has 1 aliphatic rings. The standard InChI is InChI=1S/C19H17ClN2.C11H22N2/c1-3-13-7-8-16-17(20)11-18(22-19(16)10-13)15-6-4-5-14(9-15)12-21-2;1-4-5-6-11(2)13-9-7-12(3)8-10-13/h3-11,21H,1,12H2,2H3;2,4-10H2,1,3H3. The van der Waals surface area contributed by atoms with Crippen molar-refractivity contribution >= 4 is 28.6 Å². The maximum Gasteiger partial charge on any atom is 0.0730 e. The normalized spacial score (nSPS) is 13.9. The van der Waals surface area contributed by atoms with Gasteiger partial charge in [0.2, 0.25) is 0 Å². The van der Waals surface area contributed by atoms with Crippen molar-refractivity contribution in [3.8, 4) is 11.3 Å². The van der Waals surface area contributed by atoms with Crippen LogP contribution in [-0.2, 0) is 6.54 Å². The van der Waals surface area contributed by atoms with E-state index in [9.17, 15) is 0 Å². The van der Waals surface area contributed by atoms with Gasteiger partial charge in [-0.2, -0.15) is 0 Å². The number of rotatable bonds is 8. The van der Waals surface area contributed by atoms with E-state index in [2.05, 4.69) is 60.4 Å². The van der Waals surface area contributed by atoms with Crippen LogP contribution in [0.4, 0.5) is 0 Å². The van der Waals surface area contributed by atoms with Crippen molar-refractivity contribution in [3.05, 3.63) is 83.5 Å². The highest BCUT2D eigenvalue weighted by atomic mass is 35.5. The second kappa shape index (κ2) is 13.4. The molecular formula is C30H39ClN4. The maximum absolute atomic E-state index is 6.43. The largest absolute Gasteiger partial charge is 0.373 e. The number of benzene rings is 2. The van der Waals surface area contributed by atoms with Crippen molar-refractivity contribution in [2.24, 2.45) is 0 Å². The van der Waals surface area contributed by atoms with Gasteiger partial charge in [0.15, 0.2) is 0 Å². The summed E-state index contributed by atoms with van der Waals surface area (Å²) < 4.78 is 0. The molecule has 0 spiro atoms. The Labute approximate surface area is 216 Å². The van der Waals surface area contributed by atoms with E-state index in [0.717, 1.165) is 39.3 Å². The lowest BCUT2D eigenvalue weighted by atomic mass is 10.1. The molecule has 2 heterocycles. The van der Waals surface area contributed by atoms with Gasteiger partial charge in [0.25, 0.3) is 0 Å². The highest BCUT2D eigenvalue weighted by molar-refractivity contribution is 6.35. The predicted octanol–water partition coefficient (Wildman–Crippen LogP) is 6.86. The van der Waals surface area contributed by atoms with E-state index in [1.54, 1.807) is 0 Å². The Morgan fingerprint density at radius 1 is 1.11 bits per heavy atom. The number of hydrogen-bond acceptors (Lipinski definition) is 4. The first kappa shape index (κ1) is 26.9. The fourth-order valence-electron chi connectivity index (χ4n) is 4.18. The minimum absolute atomic E-state index is 0.717. The predicted molar refractivity (Wildman–Crippen MR) is 153 cm³/mol. The Kier molecular flexibility index (Phi) is 10.3. The number of piperazine rings is 1. The summed E-state index contributed by atoms with van der Waals surface area (Å²) in [5.74, 6) is 0. The molecule has 4 nitrogen and oxygen atoms in total. The van der Waals surface area contributed by atoms with Gasteiger partial charge in [-0.3, -0.25) is 0 Å². The third kappa shape index (κ3) is 7.66. The molecule has 0 radical (unpaired) electrons. The van der Waals surface area contributed by atoms with Gasteiger partial charge in [0.1, 0.15) is 0 Å². The smallest absolute Gasteiger partial charge is 0.0730 e. The molecule has 1 N–H and O–H groups in total. The van der Waals surface area contributed by atoms with Crippen LogP contribution < -0.4 is 5.32 Å². The van der Waals surface area contributed by atoms with E-state index in [-0.39, 0.29) is 0 Å². The van der Waals surface area contributed by atoms with E-state index in [1.165, 1.54) is 56.7 Å². The number of nitrogens with zero attached hydrogens (tertiary/aromatic N) is 3. The van der Waals surface area contributed by atoms with Gasteiger partial charge in [-0.15, -0.1) is 0 Å². The van der Waals surface area contributed by atoms with E-state index in [0.29, 0.717) is 0 Å². The molecule has 1 aliphatic heterocycles. The molecule has 0 unspecified atom stereocenters. The van der Waals surface area contributed by atoms with E-state index >= 15 is 0 Å². The first-order valence-electron chi connectivity index (χ1n) is 12.5. The van der Waals surface area contributed by atoms with Crippen LogP contribution in [0.15, 0.2) is 67.4 Å². The van der Waals surface area contributed by atoms with Gasteiger partial charge in [0, 0.05) is 49.4 Å². The average molecular weight is 491 g/mol. The lowest BCUT2D eigenvalue weighted by molar-refractivity contribution is 0.182. The number of pyridine rings is 1. The summed E-state index contributed by atoms with van der Waals surface area (Å²) >= 11 is 6.43. The lowest BCUT2D eigenvalue weighted by Crippen LogP contribution is -2.43. The highest BCUT2D eigenvalue weighted by Gasteiger charge is 2.14. The summed E-state index contributed by atoms with van der Waals surface area (Å²) in [7, 11) is 4.13. The molecule has 35 heavy (non-hydrogen) atoms. The molecule has 0 atom stereocenters. The van der Waals surface area contributed by atoms with Crippen LogP contribution in [0.25, 0.3) is 28.2 Å². The van der Waals surface area contributed by atoms with Crippen LogP contribution in [0, 0.1) is 0 Å². The van der Waals surface area contributed by atoms with Gasteiger partial charge in [-0.1, -0.05) is 74.5 Å². The van der Waals surface area contributed by atoms with Gasteiger partial charge in [-0.25, -0.2) is 4.98 Å². The van der Waals surface area contributed by atoms with Crippen molar-refractivity contribution in [2.45, 2.75) is 32.7 Å². The number of nitrogens with one attached hydrogen (secondary N) is 1. The average Bonchev–Trinajstić information content (AvgIpc) is 2.88. The van der Waals surface area contributed by atoms with Crippen molar-refractivity contribution in [2.75, 3.05) is 40.3 Å². The number of likely N-dealkylation sites (N-methyl/N-ethyl adjacent to an activating group) is 1. The SMILES string of the molecule is C=C(CCCC)N1CCN(C)CC1.C=Cc1ccc2c(Cl)cc(-c3cccc(CNC)c3)nc2c1. The number of aromatic nitrogens is 1. The molecule has 0 saturated carbocycles. The highest BCUT2D eigenvalue weighted by Crippen LogP contribution is 2.29. The second-order valence-corrected chi connectivity index (χ2v) is 9.57. The summed E-state index contributed by atoms with van der Waals surface area (Å²) in [5.41, 5.74) is 6.45. The Hall–Kier alpha value is -2.66. The summed E-state index contributed by atoms with van der Waals surface area (Å²) in [6, 6.07) is 16.3. The van der Waals surface area contributed by atoms with E-state index in [4.69, 9.17) is 16.6 Å². The zero-order chi connectivity index (χ0) is 25.2. The quantitative estimate of drug-likeness (QED) is 0.374. The maximum atomic E-state index is 6.43. The fraction of sp³-hybridized carbons (Fsp3) is 0.367. The van der Waals surface area contributed by atoms with E-state index < -0.39 is 0 Å². The van der Waals surface area contributed by atoms with Crippen molar-refractivity contribution in [3.63, 3.8) is 0 Å². The summed E-state index contributed by atoms with van der Waals surface area (Å²) in [4.78, 5) is 9.58. The van der Waals surface area contributed by atoms with Crippen molar-refractivity contribution in [1.29, 1.82) is 0 Å². The molecule has 1 aromatic heterocycles. The molecule has 1 saturated heterocycles. The third-order valence-electron chi connectivity index (χ3n) is 6.39. The lowest BCUT2D eigenvalue weighted by Gasteiger charge is -2.35. The monoisotopic (exact) mass is 490 g/mol. The van der Waals surface area contributed by atoms with Crippen LogP contribution in [-0.4, -0.2) is 55.1 Å². The topological polar surface area (TPSA) is 31.4 Å². The molecule has 3 aromatic rings. The van der Waals surface area contributed by atoms with Crippen LogP contribution in [0.3, 0.4) is 0 Å². The number of unbranched alkanes of at least 4 members (excludes halogenated alkanes) is 1.